The summed E-state index contributed by atoms with van der Waals surface area (Å²) in [5, 5.41) is 20.1. The van der Waals surface area contributed by atoms with E-state index in [1.165, 1.54) is 0 Å². The first-order valence-electron chi connectivity index (χ1n) is 6.26. The topological polar surface area (TPSA) is 76.0 Å². The lowest BCUT2D eigenvalue weighted by atomic mass is 10.1. The van der Waals surface area contributed by atoms with Gasteiger partial charge in [0.1, 0.15) is 6.10 Å². The molecule has 0 aliphatic rings. The lowest BCUT2D eigenvalue weighted by Gasteiger charge is -2.26. The molecule has 0 aliphatic heterocycles. The third kappa shape index (κ3) is 4.13. The Balaban J connectivity index is 2.92. The Bertz CT molecular complexity index is 421. The van der Waals surface area contributed by atoms with Gasteiger partial charge in [-0.25, -0.2) is 0 Å². The summed E-state index contributed by atoms with van der Waals surface area (Å²) in [7, 11) is -3.74. The average molecular weight is 288 g/mol. The Morgan fingerprint density at radius 3 is 2.00 bits per heavy atom. The minimum absolute atomic E-state index is 0.134. The van der Waals surface area contributed by atoms with Crippen molar-refractivity contribution in [3.05, 3.63) is 35.4 Å². The van der Waals surface area contributed by atoms with Crippen LogP contribution in [0.4, 0.5) is 0 Å². The molecular weight excluding hydrogens is 267 g/mol. The summed E-state index contributed by atoms with van der Waals surface area (Å²) in [6.07, 6.45) is -1.32. The van der Waals surface area contributed by atoms with Gasteiger partial charge in [-0.15, -0.1) is 0 Å². The number of benzene rings is 1. The monoisotopic (exact) mass is 288 g/mol. The lowest BCUT2D eigenvalue weighted by molar-refractivity contribution is 0.0401. The molecule has 1 aromatic carbocycles. The summed E-state index contributed by atoms with van der Waals surface area (Å²) in [5.74, 6) is -1.60. The van der Waals surface area contributed by atoms with Gasteiger partial charge >= 0.3 is 7.60 Å². The van der Waals surface area contributed by atoms with E-state index in [9.17, 15) is 14.8 Å². The van der Waals surface area contributed by atoms with Gasteiger partial charge in [-0.2, -0.15) is 0 Å². The van der Waals surface area contributed by atoms with Gasteiger partial charge in [0.05, 0.1) is 13.2 Å². The Morgan fingerprint density at radius 2 is 1.58 bits per heavy atom. The molecule has 0 unspecified atom stereocenters. The largest absolute Gasteiger partial charge is 0.385 e. The van der Waals surface area contributed by atoms with Gasteiger partial charge in [0.15, 0.2) is 5.85 Å². The molecule has 0 saturated carbocycles. The van der Waals surface area contributed by atoms with E-state index in [1.54, 1.807) is 38.1 Å². The van der Waals surface area contributed by atoms with Crippen LogP contribution >= 0.6 is 7.60 Å². The second-order valence-electron chi connectivity index (χ2n) is 4.14. The molecule has 19 heavy (non-hydrogen) atoms. The second-order valence-corrected chi connectivity index (χ2v) is 6.27. The summed E-state index contributed by atoms with van der Waals surface area (Å²) < 4.78 is 22.4. The number of aliphatic hydroxyl groups is 2. The zero-order chi connectivity index (χ0) is 14.5. The predicted octanol–water partition coefficient (Wildman–Crippen LogP) is 2.61. The van der Waals surface area contributed by atoms with Crippen LogP contribution in [0, 0.1) is 6.92 Å². The molecule has 108 valence electrons. The average Bonchev–Trinajstić information content (AvgIpc) is 2.38. The van der Waals surface area contributed by atoms with E-state index in [2.05, 4.69) is 0 Å². The molecule has 0 fully saturated rings. The molecule has 1 aromatic rings. The second kappa shape index (κ2) is 7.17. The molecule has 0 amide bonds. The number of hydrogen-bond acceptors (Lipinski definition) is 5. The van der Waals surface area contributed by atoms with E-state index in [-0.39, 0.29) is 13.2 Å². The summed E-state index contributed by atoms with van der Waals surface area (Å²) in [6, 6.07) is 6.95. The highest BCUT2D eigenvalue weighted by atomic mass is 31.2. The Hall–Kier alpha value is -0.710. The first kappa shape index (κ1) is 16.3. The Morgan fingerprint density at radius 1 is 1.11 bits per heavy atom. The van der Waals surface area contributed by atoms with Crippen molar-refractivity contribution in [2.75, 3.05) is 13.2 Å². The fourth-order valence-corrected chi connectivity index (χ4v) is 3.28. The molecule has 0 radical (unpaired) electrons. The number of aryl methyl sites for hydroxylation is 1. The van der Waals surface area contributed by atoms with Crippen LogP contribution in [-0.4, -0.2) is 29.3 Å². The number of aliphatic hydroxyl groups excluding tert-OH is 2. The van der Waals surface area contributed by atoms with Gasteiger partial charge in [-0.05, 0) is 26.3 Å². The van der Waals surface area contributed by atoms with Gasteiger partial charge in [0.2, 0.25) is 0 Å². The SMILES string of the molecule is CCOP(=O)(OCC)[C@H](O)[C@H](O)c1ccc(C)cc1. The molecule has 2 N–H and O–H groups in total. The smallest absolute Gasteiger partial charge is 0.361 e. The van der Waals surface area contributed by atoms with Crippen molar-refractivity contribution in [3.8, 4) is 0 Å². The van der Waals surface area contributed by atoms with Crippen LogP contribution in [0.3, 0.4) is 0 Å². The minimum Gasteiger partial charge on any atom is -0.385 e. The van der Waals surface area contributed by atoms with Crippen molar-refractivity contribution >= 4 is 7.60 Å². The fraction of sp³-hybridized carbons (Fsp3) is 0.538. The highest BCUT2D eigenvalue weighted by Crippen LogP contribution is 2.55. The highest BCUT2D eigenvalue weighted by Gasteiger charge is 2.39. The zero-order valence-corrected chi connectivity index (χ0v) is 12.3. The fourth-order valence-electron chi connectivity index (χ4n) is 1.66. The van der Waals surface area contributed by atoms with E-state index in [0.29, 0.717) is 5.56 Å². The van der Waals surface area contributed by atoms with Crippen molar-refractivity contribution < 1.29 is 23.8 Å². The van der Waals surface area contributed by atoms with Crippen molar-refractivity contribution in [1.82, 2.24) is 0 Å². The third-order valence-corrected chi connectivity index (χ3v) is 4.81. The molecule has 0 heterocycles. The number of rotatable bonds is 7. The van der Waals surface area contributed by atoms with Crippen LogP contribution in [0.25, 0.3) is 0 Å². The molecule has 6 heteroatoms. The molecule has 1 rings (SSSR count). The maximum absolute atomic E-state index is 12.3. The molecule has 0 spiro atoms. The van der Waals surface area contributed by atoms with E-state index < -0.39 is 19.5 Å². The molecule has 0 saturated heterocycles. The van der Waals surface area contributed by atoms with Gasteiger partial charge in [-0.1, -0.05) is 29.8 Å². The van der Waals surface area contributed by atoms with Gasteiger partial charge in [0, 0.05) is 0 Å². The van der Waals surface area contributed by atoms with Crippen LogP contribution in [0.5, 0.6) is 0 Å². The van der Waals surface area contributed by atoms with Crippen LogP contribution in [0.2, 0.25) is 0 Å². The molecular formula is C13H21O5P. The van der Waals surface area contributed by atoms with Gasteiger partial charge < -0.3 is 19.3 Å². The van der Waals surface area contributed by atoms with Gasteiger partial charge in [-0.3, -0.25) is 4.57 Å². The first-order valence-corrected chi connectivity index (χ1v) is 7.87. The van der Waals surface area contributed by atoms with E-state index in [1.807, 2.05) is 6.92 Å². The quantitative estimate of drug-likeness (QED) is 0.754. The van der Waals surface area contributed by atoms with Crippen LogP contribution in [-0.2, 0) is 13.6 Å². The van der Waals surface area contributed by atoms with E-state index >= 15 is 0 Å². The van der Waals surface area contributed by atoms with Gasteiger partial charge in [0.25, 0.3) is 0 Å². The van der Waals surface area contributed by atoms with Crippen molar-refractivity contribution in [2.24, 2.45) is 0 Å². The summed E-state index contributed by atoms with van der Waals surface area (Å²) >= 11 is 0. The van der Waals surface area contributed by atoms with Crippen LogP contribution in [0.15, 0.2) is 24.3 Å². The summed E-state index contributed by atoms with van der Waals surface area (Å²) in [4.78, 5) is 0. The summed E-state index contributed by atoms with van der Waals surface area (Å²) in [6.45, 7) is 5.48. The standard InChI is InChI=1S/C13H21O5P/c1-4-17-19(16,18-5-2)13(15)12(14)11-8-6-10(3)7-9-11/h6-9,12-15H,4-5H2,1-3H3/t12-,13+/m1/s1. The molecule has 0 aromatic heterocycles. The third-order valence-electron chi connectivity index (χ3n) is 2.64. The Labute approximate surface area is 113 Å². The van der Waals surface area contributed by atoms with Crippen LogP contribution in [0.1, 0.15) is 31.1 Å². The highest BCUT2D eigenvalue weighted by molar-refractivity contribution is 7.54. The maximum Gasteiger partial charge on any atom is 0.361 e. The van der Waals surface area contributed by atoms with Crippen LogP contribution < -0.4 is 0 Å². The molecule has 0 aliphatic carbocycles. The minimum atomic E-state index is -3.74. The Kier molecular flexibility index (Phi) is 6.17. The molecule has 2 atom stereocenters. The van der Waals surface area contributed by atoms with Crippen molar-refractivity contribution in [2.45, 2.75) is 32.7 Å². The lowest BCUT2D eigenvalue weighted by Crippen LogP contribution is -2.21. The van der Waals surface area contributed by atoms with Crippen molar-refractivity contribution in [1.29, 1.82) is 0 Å². The van der Waals surface area contributed by atoms with E-state index in [0.717, 1.165) is 5.56 Å². The predicted molar refractivity (Wildman–Crippen MR) is 73.0 cm³/mol. The summed E-state index contributed by atoms with van der Waals surface area (Å²) in [5.41, 5.74) is 1.50. The number of hydrogen-bond donors (Lipinski definition) is 2. The van der Waals surface area contributed by atoms with Crippen molar-refractivity contribution in [3.63, 3.8) is 0 Å². The molecule has 0 bridgehead atoms. The normalized spacial score (nSPS) is 15.2. The van der Waals surface area contributed by atoms with E-state index in [4.69, 9.17) is 9.05 Å². The molecule has 5 nitrogen and oxygen atoms in total. The maximum atomic E-state index is 12.3. The zero-order valence-electron chi connectivity index (χ0n) is 11.4. The first-order chi connectivity index (χ1) is 8.94.